The number of allylic oxidation sites excluding steroid dienone is 2. The first-order chi connectivity index (χ1) is 31.7. The molecule has 1 saturated heterocycles. The average Bonchev–Trinajstić information content (AvgIpc) is 3.56. The minimum atomic E-state index is -2.03. The highest BCUT2D eigenvalue weighted by Crippen LogP contribution is 2.48. The van der Waals surface area contributed by atoms with Crippen molar-refractivity contribution in [1.82, 2.24) is 9.88 Å². The molecule has 0 radical (unpaired) electrons. The maximum Gasteiger partial charge on any atom is 0.312 e. The quantitative estimate of drug-likeness (QED) is 0.0704. The van der Waals surface area contributed by atoms with Crippen molar-refractivity contribution in [3.63, 3.8) is 0 Å². The Bertz CT molecular complexity index is 2740. The Balaban J connectivity index is 1.41. The van der Waals surface area contributed by atoms with E-state index >= 15 is 0 Å². The third-order valence-electron chi connectivity index (χ3n) is 13.7. The van der Waals surface area contributed by atoms with E-state index in [9.17, 15) is 34.5 Å². The number of rotatable bonds is 5. The van der Waals surface area contributed by atoms with Crippen molar-refractivity contribution in [3.05, 3.63) is 75.7 Å². The number of ether oxygens (including phenoxy) is 4. The number of esters is 1. The Morgan fingerprint density at radius 2 is 1.69 bits per heavy atom. The second-order valence-electron chi connectivity index (χ2n) is 19.1. The molecular weight excluding hydrogens is 861 g/mol. The minimum Gasteiger partial charge on any atom is -0.505 e. The molecule has 4 bridgehead atoms. The fourth-order valence-corrected chi connectivity index (χ4v) is 9.70. The van der Waals surface area contributed by atoms with Crippen molar-refractivity contribution in [2.24, 2.45) is 29.6 Å². The average molecular weight is 925 g/mol. The van der Waals surface area contributed by atoms with E-state index < -0.39 is 82.7 Å². The molecule has 3 aliphatic heterocycles. The lowest BCUT2D eigenvalue weighted by Gasteiger charge is -2.38. The van der Waals surface area contributed by atoms with Crippen LogP contribution in [0.1, 0.15) is 78.2 Å². The number of carbonyl (C=O) groups excluding carboxylic acids is 3. The number of nitrogens with one attached hydrogen (secondary N) is 1. The highest BCUT2D eigenvalue weighted by molar-refractivity contribution is 6.26. The highest BCUT2D eigenvalue weighted by atomic mass is 16.7. The van der Waals surface area contributed by atoms with Gasteiger partial charge in [-0.1, -0.05) is 59.8 Å². The number of anilines is 2. The van der Waals surface area contributed by atoms with Crippen molar-refractivity contribution < 1.29 is 53.1 Å². The highest BCUT2D eigenvalue weighted by Gasteiger charge is 2.49. The molecule has 1 aromatic heterocycles. The standard InChI is InChI=1S/C51H64N4O12/c1-25(2)24-54-18-20-55(21-19-54)33-15-16-34-36(23-33)66-48-40(52-34)37-38-44(59)31(8)47-39(37)49(61)51(10,67-47)64-22-17-35(63-11)28(5)46(65-32(9)56)30(7)43(58)29(6)42(57)26(3)13-12-14-27(4)50(62)53-41(48)45(38)60/h12-17,22-23,25-26,28-30,35,42-43,46,57-58,60H,18-21,24H2,1-11H3,(H,53,62)/b13-12+,22-17+,27-14-/t26-,28+,29+,30+,35-,42-,43+,46+,51-/m0/s1. The van der Waals surface area contributed by atoms with Crippen LogP contribution in [-0.2, 0) is 23.8 Å². The number of methoxy groups -OCH3 is 1. The van der Waals surface area contributed by atoms with Gasteiger partial charge in [0, 0.05) is 106 Å². The van der Waals surface area contributed by atoms with Crippen molar-refractivity contribution in [2.75, 3.05) is 50.1 Å². The summed E-state index contributed by atoms with van der Waals surface area (Å²) < 4.78 is 30.6. The number of ketones is 1. The van der Waals surface area contributed by atoms with Crippen LogP contribution >= 0.6 is 0 Å². The van der Waals surface area contributed by atoms with Crippen LogP contribution in [0.5, 0.6) is 11.5 Å². The van der Waals surface area contributed by atoms with Gasteiger partial charge in [-0.15, -0.1) is 0 Å². The number of benzene rings is 3. The molecule has 4 N–H and O–H groups in total. The van der Waals surface area contributed by atoms with Crippen molar-refractivity contribution in [2.45, 2.75) is 99.4 Å². The number of phenolic OH excluding ortho intramolecular Hbond substituents is 1. The molecule has 16 heteroatoms. The van der Waals surface area contributed by atoms with E-state index in [-0.39, 0.29) is 50.0 Å². The molecule has 3 aromatic carbocycles. The van der Waals surface area contributed by atoms with Crippen LogP contribution in [0.4, 0.5) is 11.4 Å². The van der Waals surface area contributed by atoms with E-state index in [0.29, 0.717) is 17.0 Å². The number of Topliss-reactive ketones (excluding diaryl/α,β-unsaturated/α-hetero) is 1. The van der Waals surface area contributed by atoms with Gasteiger partial charge >= 0.3 is 11.8 Å². The molecule has 7 rings (SSSR count). The first-order valence-corrected chi connectivity index (χ1v) is 23.0. The van der Waals surface area contributed by atoms with Crippen LogP contribution in [0.15, 0.2) is 63.6 Å². The lowest BCUT2D eigenvalue weighted by Crippen LogP contribution is -2.47. The van der Waals surface area contributed by atoms with Gasteiger partial charge in [0.15, 0.2) is 22.3 Å². The number of aromatic nitrogens is 1. The van der Waals surface area contributed by atoms with Gasteiger partial charge in [0.2, 0.25) is 0 Å². The van der Waals surface area contributed by atoms with Crippen LogP contribution in [0.2, 0.25) is 0 Å². The number of phenols is 1. The molecule has 4 aromatic rings. The zero-order valence-corrected chi connectivity index (χ0v) is 40.2. The van der Waals surface area contributed by atoms with Crippen molar-refractivity contribution in [3.8, 4) is 11.5 Å². The monoisotopic (exact) mass is 924 g/mol. The maximum atomic E-state index is 14.8. The number of amides is 1. The second kappa shape index (κ2) is 19.4. The molecule has 1 fully saturated rings. The van der Waals surface area contributed by atoms with E-state index in [1.807, 2.05) is 12.1 Å². The number of aliphatic hydroxyl groups excluding tert-OH is 2. The SMILES string of the molecule is CO[C@H]1/C=C/O[C@@]2(C)Oc3c(C)c(=O)c4c(O)c(c5oc6cc(N7CCN(CC(C)C)CC7)ccc6nc5c4c3C2=O)NC(=O)/C(C)=C\C=C\[C@H](C)[C@H](O)[C@@H](C)[C@@H](O)[C@@H](C)[C@H](OC(C)=O)[C@@H]1C. The second-order valence-corrected chi connectivity index (χ2v) is 19.1. The summed E-state index contributed by atoms with van der Waals surface area (Å²) in [6, 6.07) is 5.59. The van der Waals surface area contributed by atoms with E-state index in [0.717, 1.165) is 38.4 Å². The Morgan fingerprint density at radius 1 is 0.985 bits per heavy atom. The van der Waals surface area contributed by atoms with Gasteiger partial charge in [0.25, 0.3) is 11.7 Å². The number of piperazine rings is 1. The molecule has 9 atom stereocenters. The summed E-state index contributed by atoms with van der Waals surface area (Å²) >= 11 is 0. The lowest BCUT2D eigenvalue weighted by atomic mass is 9.78. The predicted octanol–water partition coefficient (Wildman–Crippen LogP) is 6.78. The van der Waals surface area contributed by atoms with Crippen LogP contribution in [-0.4, -0.2) is 113 Å². The summed E-state index contributed by atoms with van der Waals surface area (Å²) in [5, 5.41) is 37.7. The Labute approximate surface area is 390 Å². The van der Waals surface area contributed by atoms with Gasteiger partial charge < -0.3 is 48.9 Å². The summed E-state index contributed by atoms with van der Waals surface area (Å²) in [7, 11) is 1.45. The number of nitrogens with zero attached hydrogens (tertiary/aromatic N) is 3. The molecule has 16 nitrogen and oxygen atoms in total. The molecule has 0 spiro atoms. The molecule has 1 amide bonds. The molecule has 0 unspecified atom stereocenters. The normalized spacial score (nSPS) is 29.8. The van der Waals surface area contributed by atoms with Gasteiger partial charge in [-0.3, -0.25) is 24.1 Å². The molecule has 360 valence electrons. The van der Waals surface area contributed by atoms with Crippen LogP contribution in [0, 0.1) is 36.5 Å². The number of aliphatic hydroxyl groups is 2. The molecule has 0 saturated carbocycles. The van der Waals surface area contributed by atoms with Crippen LogP contribution < -0.4 is 20.4 Å². The van der Waals surface area contributed by atoms with Gasteiger partial charge in [-0.05, 0) is 38.0 Å². The topological polar surface area (TPSA) is 210 Å². The van der Waals surface area contributed by atoms with Crippen molar-refractivity contribution >= 4 is 62.0 Å². The number of carbonyl (C=O) groups is 3. The summed E-state index contributed by atoms with van der Waals surface area (Å²) in [5.41, 5.74) is 0.770. The minimum absolute atomic E-state index is 0.00683. The summed E-state index contributed by atoms with van der Waals surface area (Å²) in [4.78, 5) is 65.4. The zero-order valence-electron chi connectivity index (χ0n) is 40.2. The lowest BCUT2D eigenvalue weighted by molar-refractivity contribution is -0.160. The van der Waals surface area contributed by atoms with Crippen LogP contribution in [0.25, 0.3) is 33.0 Å². The summed E-state index contributed by atoms with van der Waals surface area (Å²) in [6.07, 6.45) is 3.71. The van der Waals surface area contributed by atoms with E-state index in [1.54, 1.807) is 52.8 Å². The van der Waals surface area contributed by atoms with Gasteiger partial charge in [-0.2, -0.15) is 0 Å². The largest absolute Gasteiger partial charge is 0.505 e. The van der Waals surface area contributed by atoms with Crippen LogP contribution in [0.3, 0.4) is 0 Å². The molecular formula is C51H64N4O12. The predicted molar refractivity (Wildman–Crippen MR) is 255 cm³/mol. The first-order valence-electron chi connectivity index (χ1n) is 23.0. The zero-order chi connectivity index (χ0) is 48.8. The van der Waals surface area contributed by atoms with Gasteiger partial charge in [0.05, 0.1) is 35.5 Å². The van der Waals surface area contributed by atoms with E-state index in [4.69, 9.17) is 28.3 Å². The number of hydrogen-bond acceptors (Lipinski definition) is 15. The first kappa shape index (κ1) is 49.1. The Morgan fingerprint density at radius 3 is 2.34 bits per heavy atom. The fraction of sp³-hybridized carbons (Fsp3) is 0.510. The van der Waals surface area contributed by atoms with Crippen molar-refractivity contribution in [1.29, 1.82) is 0 Å². The van der Waals surface area contributed by atoms with Gasteiger partial charge in [0.1, 0.15) is 28.6 Å². The molecule has 67 heavy (non-hydrogen) atoms. The van der Waals surface area contributed by atoms with E-state index in [2.05, 4.69) is 29.0 Å². The Kier molecular flexibility index (Phi) is 14.2. The third-order valence-corrected chi connectivity index (χ3v) is 13.7. The third kappa shape index (κ3) is 9.41. The number of fused-ring (bicyclic) bond motifs is 2. The molecule has 3 aliphatic rings. The van der Waals surface area contributed by atoms with E-state index in [1.165, 1.54) is 46.3 Å². The smallest absolute Gasteiger partial charge is 0.312 e. The maximum absolute atomic E-state index is 14.8. The molecule has 0 aliphatic carbocycles. The summed E-state index contributed by atoms with van der Waals surface area (Å²) in [5.74, 6) is -6.59. The van der Waals surface area contributed by atoms with Gasteiger partial charge in [-0.25, -0.2) is 4.98 Å². The number of aromatic hydroxyl groups is 1. The fourth-order valence-electron chi connectivity index (χ4n) is 9.70. The summed E-state index contributed by atoms with van der Waals surface area (Å²) in [6.45, 7) is 21.5. The Hall–Kier alpha value is -5.81. The number of hydrogen-bond donors (Lipinski definition) is 4. The molecule has 4 heterocycles.